The van der Waals surface area contributed by atoms with E-state index < -0.39 is 23.1 Å². The Labute approximate surface area is 174 Å². The van der Waals surface area contributed by atoms with Crippen molar-refractivity contribution in [3.05, 3.63) is 81.6 Å². The molecule has 2 aromatic heterocycles. The number of aryl methyl sites for hydroxylation is 2. The van der Waals surface area contributed by atoms with Gasteiger partial charge >= 0.3 is 6.18 Å². The van der Waals surface area contributed by atoms with Crippen molar-refractivity contribution in [2.45, 2.75) is 13.1 Å². The maximum absolute atomic E-state index is 13.1. The van der Waals surface area contributed by atoms with Gasteiger partial charge in [-0.3, -0.25) is 14.3 Å². The maximum atomic E-state index is 13.1. The second-order valence-corrected chi connectivity index (χ2v) is 7.10. The predicted octanol–water partition coefficient (Wildman–Crippen LogP) is 4.51. The van der Waals surface area contributed by atoms with E-state index in [0.29, 0.717) is 5.82 Å². The van der Waals surface area contributed by atoms with E-state index in [0.717, 1.165) is 17.8 Å². The van der Waals surface area contributed by atoms with E-state index in [4.69, 9.17) is 0 Å². The van der Waals surface area contributed by atoms with Gasteiger partial charge in [0.05, 0.1) is 22.3 Å². The van der Waals surface area contributed by atoms with Crippen molar-refractivity contribution in [2.24, 2.45) is 7.05 Å². The Kier molecular flexibility index (Phi) is 4.88. The molecule has 2 aromatic carbocycles. The predicted molar refractivity (Wildman–Crippen MR) is 111 cm³/mol. The number of para-hydroxylation sites is 1. The minimum absolute atomic E-state index is 0.181. The number of aromatic amines is 1. The molecule has 0 saturated carbocycles. The molecule has 0 atom stereocenters. The number of hydrogen-bond donors (Lipinski definition) is 2. The number of H-pyrrole nitrogens is 1. The minimum Gasteiger partial charge on any atom is -0.354 e. The summed E-state index contributed by atoms with van der Waals surface area (Å²) in [6.07, 6.45) is -4.51. The lowest BCUT2D eigenvalue weighted by atomic mass is 10.0. The zero-order valence-electron chi connectivity index (χ0n) is 16.5. The van der Waals surface area contributed by atoms with Crippen molar-refractivity contribution in [2.75, 3.05) is 5.32 Å². The highest BCUT2D eigenvalue weighted by Gasteiger charge is 2.30. The number of rotatable bonds is 3. The number of hydrogen-bond acceptors (Lipinski definition) is 3. The molecule has 2 N–H and O–H groups in total. The molecule has 6 nitrogen and oxygen atoms in total. The lowest BCUT2D eigenvalue weighted by Gasteiger charge is -2.11. The Morgan fingerprint density at radius 1 is 1.10 bits per heavy atom. The summed E-state index contributed by atoms with van der Waals surface area (Å²) < 4.78 is 40.8. The number of nitrogens with zero attached hydrogens (tertiary/aromatic N) is 2. The number of carbonyl (C=O) groups is 1. The van der Waals surface area contributed by atoms with Crippen LogP contribution in [0, 0.1) is 6.92 Å². The smallest absolute Gasteiger partial charge is 0.354 e. The summed E-state index contributed by atoms with van der Waals surface area (Å²) in [5.41, 5.74) is 0.263. The number of halogens is 3. The molecule has 0 bridgehead atoms. The van der Waals surface area contributed by atoms with E-state index in [1.54, 1.807) is 32.2 Å². The number of anilines is 1. The molecule has 0 aliphatic rings. The number of carbonyl (C=O) groups excluding carboxylic acids is 1. The van der Waals surface area contributed by atoms with Crippen molar-refractivity contribution < 1.29 is 18.0 Å². The number of fused-ring (bicyclic) bond motifs is 1. The molecule has 158 valence electrons. The van der Waals surface area contributed by atoms with Crippen LogP contribution in [-0.4, -0.2) is 20.7 Å². The van der Waals surface area contributed by atoms with Gasteiger partial charge in [-0.15, -0.1) is 0 Å². The molecule has 0 spiro atoms. The van der Waals surface area contributed by atoms with Crippen LogP contribution in [0.25, 0.3) is 22.2 Å². The number of amides is 1. The molecule has 2 heterocycles. The van der Waals surface area contributed by atoms with Gasteiger partial charge in [-0.1, -0.05) is 18.2 Å². The molecule has 0 fully saturated rings. The van der Waals surface area contributed by atoms with Gasteiger partial charge < -0.3 is 10.3 Å². The number of aromatic nitrogens is 3. The van der Waals surface area contributed by atoms with Gasteiger partial charge in [0.1, 0.15) is 5.82 Å². The van der Waals surface area contributed by atoms with Gasteiger partial charge in [0.15, 0.2) is 5.43 Å². The summed E-state index contributed by atoms with van der Waals surface area (Å²) in [6, 6.07) is 12.2. The Morgan fingerprint density at radius 3 is 2.52 bits per heavy atom. The number of alkyl halides is 3. The first-order valence-electron chi connectivity index (χ1n) is 9.29. The van der Waals surface area contributed by atoms with E-state index in [1.165, 1.54) is 28.9 Å². The van der Waals surface area contributed by atoms with Gasteiger partial charge in [-0.25, -0.2) is 0 Å². The summed E-state index contributed by atoms with van der Waals surface area (Å²) in [5, 5.41) is 7.16. The fraction of sp³-hybridized carbons (Fsp3) is 0.136. The molecule has 0 saturated heterocycles. The number of pyridine rings is 1. The molecule has 4 rings (SSSR count). The van der Waals surface area contributed by atoms with Crippen molar-refractivity contribution in [3.8, 4) is 11.3 Å². The van der Waals surface area contributed by atoms with Gasteiger partial charge in [0.2, 0.25) is 0 Å². The standard InChI is InChI=1S/C22H17F3N4O2/c1-12-9-19(29(2)28-12)27-21(31)16-8-4-7-15-18(30)11-17(26-20(15)16)13-5-3-6-14(10-13)22(23,24)25/h3-11H,1-2H3,(H,26,30)(H,27,31). The third kappa shape index (κ3) is 3.94. The van der Waals surface area contributed by atoms with E-state index in [9.17, 15) is 22.8 Å². The molecule has 0 aliphatic carbocycles. The molecule has 0 radical (unpaired) electrons. The number of nitrogens with one attached hydrogen (secondary N) is 2. The topological polar surface area (TPSA) is 79.8 Å². The van der Waals surface area contributed by atoms with E-state index in [2.05, 4.69) is 15.4 Å². The first kappa shape index (κ1) is 20.4. The Balaban J connectivity index is 1.82. The number of benzene rings is 2. The van der Waals surface area contributed by atoms with Crippen LogP contribution < -0.4 is 10.7 Å². The minimum atomic E-state index is -4.51. The van der Waals surface area contributed by atoms with E-state index in [1.807, 2.05) is 0 Å². The zero-order valence-corrected chi connectivity index (χ0v) is 16.5. The molecule has 4 aromatic rings. The van der Waals surface area contributed by atoms with Crippen LogP contribution in [0.15, 0.2) is 59.4 Å². The summed E-state index contributed by atoms with van der Waals surface area (Å²) in [7, 11) is 1.68. The summed E-state index contributed by atoms with van der Waals surface area (Å²) >= 11 is 0. The molecular weight excluding hydrogens is 409 g/mol. The van der Waals surface area contributed by atoms with Gasteiger partial charge in [-0.2, -0.15) is 18.3 Å². The summed E-state index contributed by atoms with van der Waals surface area (Å²) in [6.45, 7) is 1.78. The normalized spacial score (nSPS) is 11.6. The van der Waals surface area contributed by atoms with Crippen LogP contribution in [0.1, 0.15) is 21.6 Å². The average Bonchev–Trinajstić information content (AvgIpc) is 3.03. The van der Waals surface area contributed by atoms with Crippen molar-refractivity contribution in [1.29, 1.82) is 0 Å². The quantitative estimate of drug-likeness (QED) is 0.506. The third-order valence-electron chi connectivity index (χ3n) is 4.85. The van der Waals surface area contributed by atoms with Crippen molar-refractivity contribution in [3.63, 3.8) is 0 Å². The highest BCUT2D eigenvalue weighted by atomic mass is 19.4. The molecular formula is C22H17F3N4O2. The summed E-state index contributed by atoms with van der Waals surface area (Å²) in [5.74, 6) is -0.0127. The van der Waals surface area contributed by atoms with Crippen LogP contribution in [0.5, 0.6) is 0 Å². The first-order valence-corrected chi connectivity index (χ1v) is 9.29. The van der Waals surface area contributed by atoms with Gasteiger partial charge in [0.25, 0.3) is 5.91 Å². The second-order valence-electron chi connectivity index (χ2n) is 7.10. The third-order valence-corrected chi connectivity index (χ3v) is 4.85. The zero-order chi connectivity index (χ0) is 22.3. The molecule has 31 heavy (non-hydrogen) atoms. The molecule has 0 aliphatic heterocycles. The Hall–Kier alpha value is -3.88. The highest BCUT2D eigenvalue weighted by Crippen LogP contribution is 2.32. The molecule has 9 heteroatoms. The van der Waals surface area contributed by atoms with Crippen LogP contribution in [0.4, 0.5) is 19.0 Å². The van der Waals surface area contributed by atoms with Crippen LogP contribution in [-0.2, 0) is 13.2 Å². The van der Waals surface area contributed by atoms with Crippen LogP contribution in [0.2, 0.25) is 0 Å². The highest BCUT2D eigenvalue weighted by molar-refractivity contribution is 6.11. The lowest BCUT2D eigenvalue weighted by Crippen LogP contribution is -2.16. The SMILES string of the molecule is Cc1cc(NC(=O)c2cccc3c(=O)cc(-c4cccc(C(F)(F)F)c4)[nH]c23)n(C)n1. The Bertz CT molecular complexity index is 1370. The van der Waals surface area contributed by atoms with E-state index >= 15 is 0 Å². The average molecular weight is 426 g/mol. The lowest BCUT2D eigenvalue weighted by molar-refractivity contribution is -0.137. The Morgan fingerprint density at radius 2 is 1.84 bits per heavy atom. The fourth-order valence-corrected chi connectivity index (χ4v) is 3.39. The maximum Gasteiger partial charge on any atom is 0.416 e. The van der Waals surface area contributed by atoms with E-state index in [-0.39, 0.29) is 27.7 Å². The van der Waals surface area contributed by atoms with Gasteiger partial charge in [0, 0.05) is 30.3 Å². The van der Waals surface area contributed by atoms with Crippen LogP contribution in [0.3, 0.4) is 0 Å². The van der Waals surface area contributed by atoms with Crippen molar-refractivity contribution >= 4 is 22.6 Å². The second kappa shape index (κ2) is 7.42. The fourth-order valence-electron chi connectivity index (χ4n) is 3.39. The first-order chi connectivity index (χ1) is 14.6. The van der Waals surface area contributed by atoms with Crippen LogP contribution >= 0.6 is 0 Å². The largest absolute Gasteiger partial charge is 0.416 e. The molecule has 1 amide bonds. The van der Waals surface area contributed by atoms with Gasteiger partial charge in [-0.05, 0) is 36.8 Å². The monoisotopic (exact) mass is 426 g/mol. The summed E-state index contributed by atoms with van der Waals surface area (Å²) in [4.78, 5) is 28.5. The van der Waals surface area contributed by atoms with Crippen molar-refractivity contribution in [1.82, 2.24) is 14.8 Å². The molecule has 0 unspecified atom stereocenters.